The van der Waals surface area contributed by atoms with Crippen molar-refractivity contribution in [1.82, 2.24) is 4.57 Å². The number of hydrogen-bond acceptors (Lipinski definition) is 2. The smallest absolute Gasteiger partial charge is 0.167 e. The van der Waals surface area contributed by atoms with Gasteiger partial charge in [0.15, 0.2) is 5.82 Å². The SMILES string of the molecule is Cn1c(N)cc(F)c1N. The molecule has 1 heterocycles. The minimum atomic E-state index is -0.463. The molecule has 0 atom stereocenters. The molecule has 0 unspecified atom stereocenters. The average Bonchev–Trinajstić information content (AvgIpc) is 1.98. The summed E-state index contributed by atoms with van der Waals surface area (Å²) in [6.45, 7) is 0. The van der Waals surface area contributed by atoms with Gasteiger partial charge in [-0.25, -0.2) is 4.39 Å². The molecule has 0 radical (unpaired) electrons. The van der Waals surface area contributed by atoms with Crippen LogP contribution in [0.25, 0.3) is 0 Å². The Morgan fingerprint density at radius 3 is 2.22 bits per heavy atom. The zero-order valence-corrected chi connectivity index (χ0v) is 5.06. The van der Waals surface area contributed by atoms with Crippen LogP contribution in [-0.4, -0.2) is 4.57 Å². The van der Waals surface area contributed by atoms with Crippen molar-refractivity contribution in [3.05, 3.63) is 11.9 Å². The Kier molecular flexibility index (Phi) is 1.09. The summed E-state index contributed by atoms with van der Waals surface area (Å²) in [7, 11) is 1.60. The van der Waals surface area contributed by atoms with E-state index in [4.69, 9.17) is 11.5 Å². The van der Waals surface area contributed by atoms with Gasteiger partial charge in [0.05, 0.1) is 0 Å². The molecule has 4 heteroatoms. The Labute approximate surface area is 52.1 Å². The van der Waals surface area contributed by atoms with Crippen molar-refractivity contribution in [2.24, 2.45) is 7.05 Å². The molecular weight excluding hydrogens is 121 g/mol. The standard InChI is InChI=1S/C5H8FN3/c1-9-4(7)2-3(6)5(9)8/h2H,7-8H2,1H3. The third-order valence-corrected chi connectivity index (χ3v) is 1.27. The third kappa shape index (κ3) is 0.718. The minimum Gasteiger partial charge on any atom is -0.385 e. The molecule has 0 fully saturated rings. The van der Waals surface area contributed by atoms with Gasteiger partial charge in [0.2, 0.25) is 0 Å². The first kappa shape index (κ1) is 5.94. The van der Waals surface area contributed by atoms with E-state index >= 15 is 0 Å². The van der Waals surface area contributed by atoms with Crippen molar-refractivity contribution in [2.45, 2.75) is 0 Å². The van der Waals surface area contributed by atoms with E-state index in [2.05, 4.69) is 0 Å². The second-order valence-electron chi connectivity index (χ2n) is 1.86. The number of aromatic nitrogens is 1. The second kappa shape index (κ2) is 1.65. The van der Waals surface area contributed by atoms with E-state index in [1.165, 1.54) is 10.6 Å². The fourth-order valence-electron chi connectivity index (χ4n) is 0.600. The van der Waals surface area contributed by atoms with Crippen LogP contribution in [0, 0.1) is 5.82 Å². The van der Waals surface area contributed by atoms with Crippen LogP contribution in [0.5, 0.6) is 0 Å². The van der Waals surface area contributed by atoms with Gasteiger partial charge < -0.3 is 16.0 Å². The molecule has 0 aliphatic rings. The Hall–Kier alpha value is -1.19. The predicted octanol–water partition coefficient (Wildman–Crippen LogP) is 0.329. The summed E-state index contributed by atoms with van der Waals surface area (Å²) in [6.07, 6.45) is 0. The molecule has 0 aliphatic heterocycles. The molecule has 9 heavy (non-hydrogen) atoms. The molecule has 1 aromatic heterocycles. The van der Waals surface area contributed by atoms with E-state index in [-0.39, 0.29) is 5.82 Å². The lowest BCUT2D eigenvalue weighted by Crippen LogP contribution is -2.00. The summed E-state index contributed by atoms with van der Waals surface area (Å²) >= 11 is 0. The fraction of sp³-hybridized carbons (Fsp3) is 0.200. The van der Waals surface area contributed by atoms with Crippen molar-refractivity contribution in [3.8, 4) is 0 Å². The number of halogens is 1. The van der Waals surface area contributed by atoms with Crippen LogP contribution >= 0.6 is 0 Å². The maximum atomic E-state index is 12.4. The van der Waals surface area contributed by atoms with Gasteiger partial charge in [0, 0.05) is 13.1 Å². The van der Waals surface area contributed by atoms with Gasteiger partial charge in [-0.2, -0.15) is 0 Å². The lowest BCUT2D eigenvalue weighted by Gasteiger charge is -1.95. The molecule has 0 aliphatic carbocycles. The van der Waals surface area contributed by atoms with Gasteiger partial charge in [-0.05, 0) is 0 Å². The highest BCUT2D eigenvalue weighted by atomic mass is 19.1. The summed E-state index contributed by atoms with van der Waals surface area (Å²) in [5.41, 5.74) is 10.5. The molecule has 1 aromatic rings. The van der Waals surface area contributed by atoms with Crippen LogP contribution in [0.1, 0.15) is 0 Å². The molecular formula is C5H8FN3. The van der Waals surface area contributed by atoms with Gasteiger partial charge in [0.1, 0.15) is 11.6 Å². The Morgan fingerprint density at radius 2 is 2.11 bits per heavy atom. The summed E-state index contributed by atoms with van der Waals surface area (Å²) in [5.74, 6) is -0.0486. The monoisotopic (exact) mass is 129 g/mol. The van der Waals surface area contributed by atoms with Crippen molar-refractivity contribution in [2.75, 3.05) is 11.5 Å². The topological polar surface area (TPSA) is 57.0 Å². The summed E-state index contributed by atoms with van der Waals surface area (Å²) in [4.78, 5) is 0. The highest BCUT2D eigenvalue weighted by Crippen LogP contribution is 2.15. The van der Waals surface area contributed by atoms with Gasteiger partial charge in [-0.15, -0.1) is 0 Å². The van der Waals surface area contributed by atoms with E-state index < -0.39 is 5.82 Å². The van der Waals surface area contributed by atoms with Gasteiger partial charge in [-0.3, -0.25) is 0 Å². The number of hydrogen-bond donors (Lipinski definition) is 2. The number of rotatable bonds is 0. The average molecular weight is 129 g/mol. The first-order valence-electron chi connectivity index (χ1n) is 2.49. The van der Waals surface area contributed by atoms with Crippen LogP contribution in [0.3, 0.4) is 0 Å². The van der Waals surface area contributed by atoms with E-state index in [9.17, 15) is 4.39 Å². The number of nitrogens with zero attached hydrogens (tertiary/aromatic N) is 1. The van der Waals surface area contributed by atoms with Crippen molar-refractivity contribution in [3.63, 3.8) is 0 Å². The molecule has 50 valence electrons. The van der Waals surface area contributed by atoms with E-state index in [1.807, 2.05) is 0 Å². The number of anilines is 2. The first-order chi connectivity index (χ1) is 4.13. The van der Waals surface area contributed by atoms with Crippen molar-refractivity contribution in [1.29, 1.82) is 0 Å². The number of nitrogens with two attached hydrogens (primary N) is 2. The minimum absolute atomic E-state index is 0.0764. The third-order valence-electron chi connectivity index (χ3n) is 1.27. The van der Waals surface area contributed by atoms with Crippen molar-refractivity contribution >= 4 is 11.6 Å². The normalized spacial score (nSPS) is 10.0. The van der Waals surface area contributed by atoms with E-state index in [0.29, 0.717) is 5.82 Å². The van der Waals surface area contributed by atoms with Crippen molar-refractivity contribution < 1.29 is 4.39 Å². The summed E-state index contributed by atoms with van der Waals surface area (Å²) in [6, 6.07) is 1.19. The van der Waals surface area contributed by atoms with E-state index in [0.717, 1.165) is 0 Å². The number of nitrogen functional groups attached to an aromatic ring is 2. The maximum Gasteiger partial charge on any atom is 0.167 e. The molecule has 0 bridgehead atoms. The highest BCUT2D eigenvalue weighted by Gasteiger charge is 2.04. The lowest BCUT2D eigenvalue weighted by atomic mass is 10.6. The zero-order valence-electron chi connectivity index (χ0n) is 5.06. The molecule has 0 spiro atoms. The Balaban J connectivity index is 3.29. The van der Waals surface area contributed by atoms with Crippen LogP contribution in [0.2, 0.25) is 0 Å². The van der Waals surface area contributed by atoms with Crippen LogP contribution in [0.4, 0.5) is 16.0 Å². The largest absolute Gasteiger partial charge is 0.385 e. The van der Waals surface area contributed by atoms with Gasteiger partial charge in [-0.1, -0.05) is 0 Å². The molecule has 3 nitrogen and oxygen atoms in total. The molecule has 0 saturated heterocycles. The first-order valence-corrected chi connectivity index (χ1v) is 2.49. The molecule has 0 amide bonds. The van der Waals surface area contributed by atoms with Gasteiger partial charge in [0.25, 0.3) is 0 Å². The lowest BCUT2D eigenvalue weighted by molar-refractivity contribution is 0.631. The molecule has 1 rings (SSSR count). The quantitative estimate of drug-likeness (QED) is 0.530. The second-order valence-corrected chi connectivity index (χ2v) is 1.86. The van der Waals surface area contributed by atoms with Crippen LogP contribution in [0.15, 0.2) is 6.07 Å². The Morgan fingerprint density at radius 1 is 1.56 bits per heavy atom. The summed E-state index contributed by atoms with van der Waals surface area (Å²) < 4.78 is 13.8. The molecule has 4 N–H and O–H groups in total. The van der Waals surface area contributed by atoms with Gasteiger partial charge >= 0.3 is 0 Å². The van der Waals surface area contributed by atoms with Crippen LogP contribution in [-0.2, 0) is 7.05 Å². The predicted molar refractivity (Wildman–Crippen MR) is 34.2 cm³/mol. The Bertz CT molecular complexity index is 206. The molecule has 0 saturated carbocycles. The maximum absolute atomic E-state index is 12.4. The highest BCUT2D eigenvalue weighted by molar-refractivity contribution is 5.46. The van der Waals surface area contributed by atoms with Crippen LogP contribution < -0.4 is 11.5 Å². The fourth-order valence-corrected chi connectivity index (χ4v) is 0.600. The van der Waals surface area contributed by atoms with E-state index in [1.54, 1.807) is 7.05 Å². The molecule has 0 aromatic carbocycles. The summed E-state index contributed by atoms with van der Waals surface area (Å²) in [5, 5.41) is 0. The zero-order chi connectivity index (χ0) is 7.02.